The summed E-state index contributed by atoms with van der Waals surface area (Å²) >= 11 is 0. The van der Waals surface area contributed by atoms with E-state index >= 15 is 0 Å². The molecule has 0 aliphatic rings. The minimum absolute atomic E-state index is 0.175. The maximum Gasteiger partial charge on any atom is 0.307 e. The third-order valence-corrected chi connectivity index (χ3v) is 2.35. The van der Waals surface area contributed by atoms with Crippen LogP contribution in [0.4, 0.5) is 5.82 Å². The van der Waals surface area contributed by atoms with Gasteiger partial charge in [0, 0.05) is 13.0 Å². The first-order chi connectivity index (χ1) is 8.26. The van der Waals surface area contributed by atoms with E-state index in [9.17, 15) is 4.79 Å². The number of carbonyl (C=O) groups excluding carboxylic acids is 1. The van der Waals surface area contributed by atoms with Crippen LogP contribution < -0.4 is 5.32 Å². The van der Waals surface area contributed by atoms with Gasteiger partial charge in [0.05, 0.1) is 19.2 Å². The number of imidazole rings is 1. The number of unbranched alkanes of at least 4 members (excludes halogenated alkanes) is 1. The van der Waals surface area contributed by atoms with Crippen LogP contribution in [0.2, 0.25) is 0 Å². The van der Waals surface area contributed by atoms with Gasteiger partial charge < -0.3 is 15.0 Å². The Morgan fingerprint density at radius 3 is 3.06 bits per heavy atom. The largest absolute Gasteiger partial charge is 0.466 e. The molecule has 5 nitrogen and oxygen atoms in total. The number of esters is 1. The zero-order valence-corrected chi connectivity index (χ0v) is 10.6. The highest BCUT2D eigenvalue weighted by Crippen LogP contribution is 2.06. The Bertz CT molecular complexity index is 336. The molecule has 1 aromatic rings. The lowest BCUT2D eigenvalue weighted by Gasteiger charge is -2.03. The normalized spacial score (nSPS) is 10.2. The Morgan fingerprint density at radius 2 is 2.35 bits per heavy atom. The van der Waals surface area contributed by atoms with Crippen molar-refractivity contribution in [1.29, 1.82) is 0 Å². The molecule has 0 aliphatic carbocycles. The monoisotopic (exact) mass is 239 g/mol. The molecule has 0 radical (unpaired) electrons. The molecular weight excluding hydrogens is 218 g/mol. The van der Waals surface area contributed by atoms with Gasteiger partial charge in [0.1, 0.15) is 11.6 Å². The van der Waals surface area contributed by atoms with Crippen LogP contribution >= 0.6 is 0 Å². The SMILES string of the molecule is CCCCc1ncc(NCCC(=O)OCC)[nH]1. The van der Waals surface area contributed by atoms with Crippen LogP contribution in [0.3, 0.4) is 0 Å². The number of carbonyl (C=O) groups is 1. The van der Waals surface area contributed by atoms with Gasteiger partial charge in [-0.3, -0.25) is 4.79 Å². The van der Waals surface area contributed by atoms with E-state index in [1.165, 1.54) is 0 Å². The van der Waals surface area contributed by atoms with Gasteiger partial charge in [-0.15, -0.1) is 0 Å². The van der Waals surface area contributed by atoms with E-state index in [4.69, 9.17) is 4.74 Å². The smallest absolute Gasteiger partial charge is 0.307 e. The van der Waals surface area contributed by atoms with Crippen LogP contribution in [0.15, 0.2) is 6.20 Å². The van der Waals surface area contributed by atoms with E-state index in [-0.39, 0.29) is 5.97 Å². The number of aromatic amines is 1. The van der Waals surface area contributed by atoms with Crippen molar-refractivity contribution in [2.75, 3.05) is 18.5 Å². The maximum atomic E-state index is 11.1. The highest BCUT2D eigenvalue weighted by molar-refractivity contribution is 5.69. The molecule has 0 saturated carbocycles. The molecule has 5 heteroatoms. The van der Waals surface area contributed by atoms with Crippen molar-refractivity contribution in [2.24, 2.45) is 0 Å². The molecule has 96 valence electrons. The van der Waals surface area contributed by atoms with Crippen LogP contribution in [-0.4, -0.2) is 29.1 Å². The van der Waals surface area contributed by atoms with Crippen LogP contribution in [0.1, 0.15) is 38.9 Å². The summed E-state index contributed by atoms with van der Waals surface area (Å²) in [6.45, 7) is 4.96. The van der Waals surface area contributed by atoms with E-state index in [2.05, 4.69) is 22.2 Å². The Morgan fingerprint density at radius 1 is 1.53 bits per heavy atom. The average molecular weight is 239 g/mol. The van der Waals surface area contributed by atoms with Crippen molar-refractivity contribution in [3.63, 3.8) is 0 Å². The first-order valence-corrected chi connectivity index (χ1v) is 6.19. The van der Waals surface area contributed by atoms with Gasteiger partial charge in [-0.1, -0.05) is 13.3 Å². The van der Waals surface area contributed by atoms with Crippen LogP contribution in [-0.2, 0) is 16.0 Å². The van der Waals surface area contributed by atoms with Crippen LogP contribution in [0.25, 0.3) is 0 Å². The molecule has 0 amide bonds. The summed E-state index contributed by atoms with van der Waals surface area (Å²) in [5.41, 5.74) is 0. The van der Waals surface area contributed by atoms with Crippen molar-refractivity contribution >= 4 is 11.8 Å². The number of nitrogens with one attached hydrogen (secondary N) is 2. The average Bonchev–Trinajstić information content (AvgIpc) is 2.75. The Labute approximate surface area is 102 Å². The lowest BCUT2D eigenvalue weighted by molar-refractivity contribution is -0.142. The van der Waals surface area contributed by atoms with Gasteiger partial charge in [-0.2, -0.15) is 0 Å². The van der Waals surface area contributed by atoms with Crippen LogP contribution in [0.5, 0.6) is 0 Å². The molecular formula is C12H21N3O2. The molecule has 2 N–H and O–H groups in total. The molecule has 0 bridgehead atoms. The number of hydrogen-bond acceptors (Lipinski definition) is 4. The summed E-state index contributed by atoms with van der Waals surface area (Å²) in [6, 6.07) is 0. The first-order valence-electron chi connectivity index (χ1n) is 6.19. The van der Waals surface area contributed by atoms with E-state index < -0.39 is 0 Å². The molecule has 0 spiro atoms. The molecule has 0 unspecified atom stereocenters. The van der Waals surface area contributed by atoms with E-state index in [0.717, 1.165) is 30.9 Å². The second-order valence-electron chi connectivity index (χ2n) is 3.83. The topological polar surface area (TPSA) is 67.0 Å². The van der Waals surface area contributed by atoms with Gasteiger partial charge in [0.2, 0.25) is 0 Å². The highest BCUT2D eigenvalue weighted by atomic mass is 16.5. The number of aryl methyl sites for hydroxylation is 1. The van der Waals surface area contributed by atoms with Crippen LogP contribution in [0, 0.1) is 0 Å². The Balaban J connectivity index is 2.22. The number of anilines is 1. The molecule has 0 atom stereocenters. The Hall–Kier alpha value is -1.52. The quantitative estimate of drug-likeness (QED) is 0.682. The van der Waals surface area contributed by atoms with Gasteiger partial charge in [-0.05, 0) is 13.3 Å². The van der Waals surface area contributed by atoms with E-state index in [1.54, 1.807) is 13.1 Å². The van der Waals surface area contributed by atoms with Crippen molar-refractivity contribution in [3.8, 4) is 0 Å². The van der Waals surface area contributed by atoms with Gasteiger partial charge >= 0.3 is 5.97 Å². The maximum absolute atomic E-state index is 11.1. The molecule has 1 rings (SSSR count). The second-order valence-corrected chi connectivity index (χ2v) is 3.83. The van der Waals surface area contributed by atoms with Crippen molar-refractivity contribution in [2.45, 2.75) is 39.5 Å². The lowest BCUT2D eigenvalue weighted by Crippen LogP contribution is -2.11. The minimum Gasteiger partial charge on any atom is -0.466 e. The summed E-state index contributed by atoms with van der Waals surface area (Å²) in [5, 5.41) is 3.11. The predicted molar refractivity (Wildman–Crippen MR) is 66.9 cm³/mol. The zero-order valence-electron chi connectivity index (χ0n) is 10.6. The number of nitrogens with zero attached hydrogens (tertiary/aromatic N) is 1. The molecule has 0 saturated heterocycles. The minimum atomic E-state index is -0.175. The number of ether oxygens (including phenoxy) is 1. The third-order valence-electron chi connectivity index (χ3n) is 2.35. The molecule has 1 heterocycles. The molecule has 0 fully saturated rings. The highest BCUT2D eigenvalue weighted by Gasteiger charge is 2.02. The fraction of sp³-hybridized carbons (Fsp3) is 0.667. The van der Waals surface area contributed by atoms with E-state index in [0.29, 0.717) is 19.6 Å². The van der Waals surface area contributed by atoms with Crippen molar-refractivity contribution in [3.05, 3.63) is 12.0 Å². The number of aromatic nitrogens is 2. The molecule has 0 aromatic carbocycles. The summed E-state index contributed by atoms with van der Waals surface area (Å²) < 4.78 is 4.83. The fourth-order valence-electron chi connectivity index (χ4n) is 1.46. The molecule has 0 aliphatic heterocycles. The van der Waals surface area contributed by atoms with Crippen molar-refractivity contribution in [1.82, 2.24) is 9.97 Å². The standard InChI is InChI=1S/C12H21N3O2/c1-3-5-6-10-14-9-11(15-10)13-8-7-12(16)17-4-2/h9,13H,3-8H2,1-2H3,(H,14,15). The predicted octanol–water partition coefficient (Wildman–Crippen LogP) is 2.12. The number of hydrogen-bond donors (Lipinski definition) is 2. The van der Waals surface area contributed by atoms with Gasteiger partial charge in [0.15, 0.2) is 0 Å². The lowest BCUT2D eigenvalue weighted by atomic mass is 10.2. The number of H-pyrrole nitrogens is 1. The van der Waals surface area contributed by atoms with Gasteiger partial charge in [-0.25, -0.2) is 4.98 Å². The molecule has 17 heavy (non-hydrogen) atoms. The Kier molecular flexibility index (Phi) is 6.14. The van der Waals surface area contributed by atoms with Crippen molar-refractivity contribution < 1.29 is 9.53 Å². The third kappa shape index (κ3) is 5.38. The fourth-order valence-corrected chi connectivity index (χ4v) is 1.46. The zero-order chi connectivity index (χ0) is 12.5. The summed E-state index contributed by atoms with van der Waals surface area (Å²) in [5.74, 6) is 1.68. The van der Waals surface area contributed by atoms with E-state index in [1.807, 2.05) is 0 Å². The van der Waals surface area contributed by atoms with Gasteiger partial charge in [0.25, 0.3) is 0 Å². The summed E-state index contributed by atoms with van der Waals surface area (Å²) in [7, 11) is 0. The number of rotatable bonds is 8. The second kappa shape index (κ2) is 7.70. The summed E-state index contributed by atoms with van der Waals surface area (Å²) in [4.78, 5) is 18.5. The first kappa shape index (κ1) is 13.5. The molecule has 1 aromatic heterocycles. The summed E-state index contributed by atoms with van der Waals surface area (Å²) in [6.07, 6.45) is 5.39.